The summed E-state index contributed by atoms with van der Waals surface area (Å²) in [6.07, 6.45) is 7.56. The summed E-state index contributed by atoms with van der Waals surface area (Å²) in [6.45, 7) is 6.60. The van der Waals surface area contributed by atoms with Crippen LogP contribution < -0.4 is 10.2 Å². The normalized spacial score (nSPS) is 13.8. The molecule has 1 N–H and O–H groups in total. The van der Waals surface area contributed by atoms with Crippen molar-refractivity contribution in [3.8, 4) is 16.9 Å². The van der Waals surface area contributed by atoms with E-state index in [9.17, 15) is 4.79 Å². The Labute approximate surface area is 217 Å². The van der Waals surface area contributed by atoms with Crippen molar-refractivity contribution in [2.45, 2.75) is 20.0 Å². The van der Waals surface area contributed by atoms with Crippen molar-refractivity contribution >= 4 is 24.1 Å². The van der Waals surface area contributed by atoms with Gasteiger partial charge in [-0.15, -0.1) is 12.4 Å². The van der Waals surface area contributed by atoms with Gasteiger partial charge in [-0.2, -0.15) is 5.10 Å². The molecule has 0 atom stereocenters. The van der Waals surface area contributed by atoms with Crippen molar-refractivity contribution in [1.82, 2.24) is 30.0 Å². The van der Waals surface area contributed by atoms with E-state index in [1.54, 1.807) is 12.4 Å². The number of amides is 1. The Morgan fingerprint density at radius 3 is 2.36 bits per heavy atom. The maximum Gasteiger partial charge on any atom is 0.217 e. The number of halogens is 1. The molecule has 8 nitrogen and oxygen atoms in total. The first-order chi connectivity index (χ1) is 17.2. The molecule has 9 heteroatoms. The number of nitrogens with one attached hydrogen (secondary N) is 1. The standard InChI is InChI=1S/C27H29N7O.ClH/c1-21(35)30-17-22-7-9-24(10-8-22)26-27(29-12-11-28-26)33-15-13-32(14-16-33)19-23-18-31-34(20-23)25-5-3-2-4-6-25;/h2-12,18,20H,13-17,19H2,1H3,(H,30,35);1H. The molecule has 2 aromatic heterocycles. The summed E-state index contributed by atoms with van der Waals surface area (Å²) < 4.78 is 1.93. The summed E-state index contributed by atoms with van der Waals surface area (Å²) in [4.78, 5) is 25.3. The highest BCUT2D eigenvalue weighted by Gasteiger charge is 2.22. The molecule has 0 saturated carbocycles. The maximum absolute atomic E-state index is 11.2. The first-order valence-corrected chi connectivity index (χ1v) is 11.9. The van der Waals surface area contributed by atoms with E-state index in [1.165, 1.54) is 12.5 Å². The molecule has 1 aliphatic heterocycles. The van der Waals surface area contributed by atoms with Crippen LogP contribution in [0.2, 0.25) is 0 Å². The second kappa shape index (κ2) is 11.8. The first-order valence-electron chi connectivity index (χ1n) is 11.9. The number of rotatable bonds is 7. The Kier molecular flexibility index (Phi) is 8.30. The van der Waals surface area contributed by atoms with Crippen molar-refractivity contribution < 1.29 is 4.79 Å². The molecule has 3 heterocycles. The zero-order valence-corrected chi connectivity index (χ0v) is 21.1. The maximum atomic E-state index is 11.2. The summed E-state index contributed by atoms with van der Waals surface area (Å²) in [7, 11) is 0. The van der Waals surface area contributed by atoms with Crippen LogP contribution >= 0.6 is 12.4 Å². The molecule has 1 saturated heterocycles. The van der Waals surface area contributed by atoms with Gasteiger partial charge in [0.15, 0.2) is 5.82 Å². The summed E-state index contributed by atoms with van der Waals surface area (Å²) in [5, 5.41) is 7.36. The van der Waals surface area contributed by atoms with Crippen LogP contribution in [0.5, 0.6) is 0 Å². The monoisotopic (exact) mass is 503 g/mol. The van der Waals surface area contributed by atoms with Gasteiger partial charge in [-0.3, -0.25) is 14.7 Å². The predicted octanol–water partition coefficient (Wildman–Crippen LogP) is 3.71. The minimum Gasteiger partial charge on any atom is -0.352 e. The molecule has 36 heavy (non-hydrogen) atoms. The highest BCUT2D eigenvalue weighted by Crippen LogP contribution is 2.28. The van der Waals surface area contributed by atoms with Crippen LogP contribution in [-0.2, 0) is 17.9 Å². The van der Waals surface area contributed by atoms with Gasteiger partial charge in [-0.05, 0) is 17.7 Å². The lowest BCUT2D eigenvalue weighted by atomic mass is 10.1. The number of carbonyl (C=O) groups excluding carboxylic acids is 1. The molecule has 1 fully saturated rings. The van der Waals surface area contributed by atoms with Crippen LogP contribution in [0.3, 0.4) is 0 Å². The zero-order valence-electron chi connectivity index (χ0n) is 20.2. The fourth-order valence-corrected chi connectivity index (χ4v) is 4.31. The molecule has 4 aromatic rings. The summed E-state index contributed by atoms with van der Waals surface area (Å²) in [5.74, 6) is 0.883. The average molecular weight is 504 g/mol. The second-order valence-electron chi connectivity index (χ2n) is 8.73. The number of benzene rings is 2. The average Bonchev–Trinajstić information content (AvgIpc) is 3.37. The topological polar surface area (TPSA) is 79.2 Å². The molecular weight excluding hydrogens is 474 g/mol. The van der Waals surface area contributed by atoms with E-state index in [4.69, 9.17) is 0 Å². The fourth-order valence-electron chi connectivity index (χ4n) is 4.31. The minimum absolute atomic E-state index is 0. The van der Waals surface area contributed by atoms with Crippen molar-refractivity contribution in [3.05, 3.63) is 90.5 Å². The molecule has 0 bridgehead atoms. The van der Waals surface area contributed by atoms with Gasteiger partial charge in [-0.1, -0.05) is 42.5 Å². The molecule has 1 amide bonds. The van der Waals surface area contributed by atoms with Crippen LogP contribution in [-0.4, -0.2) is 56.7 Å². The van der Waals surface area contributed by atoms with E-state index < -0.39 is 0 Å². The number of hydrogen-bond acceptors (Lipinski definition) is 6. The SMILES string of the molecule is CC(=O)NCc1ccc(-c2nccnc2N2CCN(Cc3cnn(-c4ccccc4)c3)CC2)cc1.Cl. The van der Waals surface area contributed by atoms with Gasteiger partial charge in [0.1, 0.15) is 5.69 Å². The third-order valence-corrected chi connectivity index (χ3v) is 6.18. The number of aromatic nitrogens is 4. The van der Waals surface area contributed by atoms with Crippen LogP contribution in [0.1, 0.15) is 18.1 Å². The largest absolute Gasteiger partial charge is 0.352 e. The van der Waals surface area contributed by atoms with E-state index >= 15 is 0 Å². The summed E-state index contributed by atoms with van der Waals surface area (Å²) >= 11 is 0. The molecule has 186 valence electrons. The molecule has 0 spiro atoms. The van der Waals surface area contributed by atoms with Crippen LogP contribution in [0, 0.1) is 0 Å². The molecule has 0 radical (unpaired) electrons. The Morgan fingerprint density at radius 1 is 0.917 bits per heavy atom. The van der Waals surface area contributed by atoms with Crippen LogP contribution in [0.4, 0.5) is 5.82 Å². The second-order valence-corrected chi connectivity index (χ2v) is 8.73. The van der Waals surface area contributed by atoms with Gasteiger partial charge in [-0.25, -0.2) is 9.67 Å². The van der Waals surface area contributed by atoms with Crippen molar-refractivity contribution in [2.75, 3.05) is 31.1 Å². The van der Waals surface area contributed by atoms with Crippen LogP contribution in [0.15, 0.2) is 79.4 Å². The van der Waals surface area contributed by atoms with Gasteiger partial charge >= 0.3 is 0 Å². The highest BCUT2D eigenvalue weighted by molar-refractivity contribution is 5.85. The van der Waals surface area contributed by atoms with Gasteiger partial charge in [0, 0.05) is 75.9 Å². The van der Waals surface area contributed by atoms with Crippen LogP contribution in [0.25, 0.3) is 16.9 Å². The van der Waals surface area contributed by atoms with Crippen molar-refractivity contribution in [3.63, 3.8) is 0 Å². The number of nitrogens with zero attached hydrogens (tertiary/aromatic N) is 6. The van der Waals surface area contributed by atoms with Gasteiger partial charge in [0.05, 0.1) is 11.9 Å². The summed E-state index contributed by atoms with van der Waals surface area (Å²) in [5.41, 5.74) is 5.24. The fraction of sp³-hybridized carbons (Fsp3) is 0.259. The number of anilines is 1. The molecule has 5 rings (SSSR count). The van der Waals surface area contributed by atoms with E-state index in [2.05, 4.69) is 48.5 Å². The predicted molar refractivity (Wildman–Crippen MR) is 143 cm³/mol. The van der Waals surface area contributed by atoms with Crippen molar-refractivity contribution in [1.29, 1.82) is 0 Å². The summed E-state index contributed by atoms with van der Waals surface area (Å²) in [6, 6.07) is 18.3. The number of hydrogen-bond donors (Lipinski definition) is 1. The molecule has 2 aromatic carbocycles. The number of piperazine rings is 1. The van der Waals surface area contributed by atoms with E-state index in [0.717, 1.165) is 61.0 Å². The Morgan fingerprint density at radius 2 is 1.64 bits per heavy atom. The zero-order chi connectivity index (χ0) is 24.0. The first kappa shape index (κ1) is 25.3. The number of carbonyl (C=O) groups is 1. The molecule has 0 unspecified atom stereocenters. The van der Waals surface area contributed by atoms with Crippen molar-refractivity contribution in [2.24, 2.45) is 0 Å². The number of para-hydroxylation sites is 1. The van der Waals surface area contributed by atoms with E-state index in [1.807, 2.05) is 53.3 Å². The van der Waals surface area contributed by atoms with Gasteiger partial charge in [0.2, 0.25) is 5.91 Å². The third-order valence-electron chi connectivity index (χ3n) is 6.18. The van der Waals surface area contributed by atoms with E-state index in [-0.39, 0.29) is 18.3 Å². The third kappa shape index (κ3) is 6.08. The Bertz CT molecular complexity index is 1270. The lowest BCUT2D eigenvalue weighted by molar-refractivity contribution is -0.119. The minimum atomic E-state index is -0.0329. The van der Waals surface area contributed by atoms with E-state index in [0.29, 0.717) is 6.54 Å². The smallest absolute Gasteiger partial charge is 0.217 e. The Hall–Kier alpha value is -3.75. The quantitative estimate of drug-likeness (QED) is 0.414. The Balaban J connectivity index is 0.00000304. The molecule has 1 aliphatic rings. The molecular formula is C27H30ClN7O. The molecule has 0 aliphatic carbocycles. The highest BCUT2D eigenvalue weighted by atomic mass is 35.5. The van der Waals surface area contributed by atoms with Gasteiger partial charge in [0.25, 0.3) is 0 Å². The lowest BCUT2D eigenvalue weighted by Gasteiger charge is -2.35. The lowest BCUT2D eigenvalue weighted by Crippen LogP contribution is -2.46. The van der Waals surface area contributed by atoms with Gasteiger partial charge < -0.3 is 10.2 Å².